The van der Waals surface area contributed by atoms with Gasteiger partial charge in [0.25, 0.3) is 0 Å². The molecule has 1 aromatic rings. The first-order valence-corrected chi connectivity index (χ1v) is 5.95. The van der Waals surface area contributed by atoms with Crippen LogP contribution in [0.1, 0.15) is 5.56 Å². The van der Waals surface area contributed by atoms with E-state index in [1.807, 2.05) is 4.90 Å². The molecule has 1 aromatic carbocycles. The first kappa shape index (κ1) is 14.8. The lowest BCUT2D eigenvalue weighted by Crippen LogP contribution is -2.30. The average molecular weight is 272 g/mol. The van der Waals surface area contributed by atoms with Gasteiger partial charge in [0.1, 0.15) is 10.8 Å². The zero-order valence-corrected chi connectivity index (χ0v) is 11.0. The Morgan fingerprint density at radius 3 is 2.72 bits per heavy atom. The van der Waals surface area contributed by atoms with Crippen molar-refractivity contribution < 1.29 is 14.2 Å². The maximum atomic E-state index is 13.7. The van der Waals surface area contributed by atoms with Gasteiger partial charge in [-0.3, -0.25) is 0 Å². The Hall–Kier alpha value is -1.24. The molecular formula is C12H17FN2O2S. The second-order valence-corrected chi connectivity index (χ2v) is 4.17. The normalized spacial score (nSPS) is 10.4. The third-order valence-electron chi connectivity index (χ3n) is 2.52. The molecule has 0 saturated heterocycles. The Labute approximate surface area is 111 Å². The van der Waals surface area contributed by atoms with E-state index < -0.39 is 5.82 Å². The minimum atomic E-state index is -0.458. The van der Waals surface area contributed by atoms with Crippen molar-refractivity contribution in [2.45, 2.75) is 0 Å². The van der Waals surface area contributed by atoms with E-state index in [0.29, 0.717) is 25.4 Å². The van der Waals surface area contributed by atoms with E-state index in [4.69, 9.17) is 27.8 Å². The molecule has 0 spiro atoms. The minimum Gasteiger partial charge on any atom is -0.395 e. The highest BCUT2D eigenvalue weighted by Gasteiger charge is 2.10. The van der Waals surface area contributed by atoms with Crippen LogP contribution in [0.3, 0.4) is 0 Å². The van der Waals surface area contributed by atoms with Crippen molar-refractivity contribution in [2.24, 2.45) is 5.73 Å². The molecule has 18 heavy (non-hydrogen) atoms. The second-order valence-electron chi connectivity index (χ2n) is 3.73. The molecule has 0 aliphatic rings. The predicted octanol–water partition coefficient (Wildman–Crippen LogP) is 0.905. The van der Waals surface area contributed by atoms with Crippen molar-refractivity contribution in [3.8, 4) is 0 Å². The Morgan fingerprint density at radius 1 is 1.50 bits per heavy atom. The molecule has 100 valence electrons. The number of thiocarbonyl (C=S) groups is 1. The van der Waals surface area contributed by atoms with Gasteiger partial charge < -0.3 is 20.5 Å². The summed E-state index contributed by atoms with van der Waals surface area (Å²) in [4.78, 5) is 1.86. The lowest BCUT2D eigenvalue weighted by molar-refractivity contribution is 0.203. The van der Waals surface area contributed by atoms with Crippen LogP contribution in [-0.4, -0.2) is 43.5 Å². The van der Waals surface area contributed by atoms with Crippen molar-refractivity contribution in [1.82, 2.24) is 0 Å². The smallest absolute Gasteiger partial charge is 0.135 e. The highest BCUT2D eigenvalue weighted by atomic mass is 32.1. The number of hydrogen-bond donors (Lipinski definition) is 2. The van der Waals surface area contributed by atoms with Crippen molar-refractivity contribution in [3.05, 3.63) is 29.6 Å². The molecule has 0 unspecified atom stereocenters. The van der Waals surface area contributed by atoms with Crippen LogP contribution in [0.5, 0.6) is 0 Å². The molecule has 0 atom stereocenters. The van der Waals surface area contributed by atoms with Gasteiger partial charge in [0.05, 0.1) is 13.2 Å². The third-order valence-corrected chi connectivity index (χ3v) is 2.74. The van der Waals surface area contributed by atoms with E-state index in [1.165, 1.54) is 6.07 Å². The number of methoxy groups -OCH3 is 1. The van der Waals surface area contributed by atoms with Crippen molar-refractivity contribution in [3.63, 3.8) is 0 Å². The molecule has 0 radical (unpaired) electrons. The fourth-order valence-electron chi connectivity index (χ4n) is 1.59. The SMILES string of the molecule is COCCN(CCO)c1ccc(C(N)=S)c(F)c1. The zero-order valence-electron chi connectivity index (χ0n) is 10.2. The summed E-state index contributed by atoms with van der Waals surface area (Å²) in [6, 6.07) is 4.63. The molecule has 1 rings (SSSR count). The summed E-state index contributed by atoms with van der Waals surface area (Å²) >= 11 is 4.74. The highest BCUT2D eigenvalue weighted by Crippen LogP contribution is 2.18. The van der Waals surface area contributed by atoms with Gasteiger partial charge in [-0.2, -0.15) is 0 Å². The first-order chi connectivity index (χ1) is 8.60. The summed E-state index contributed by atoms with van der Waals surface area (Å²) in [5.41, 5.74) is 6.29. The highest BCUT2D eigenvalue weighted by molar-refractivity contribution is 7.80. The first-order valence-electron chi connectivity index (χ1n) is 5.54. The molecule has 0 amide bonds. The van der Waals surface area contributed by atoms with Crippen LogP contribution < -0.4 is 10.6 Å². The Bertz CT molecular complexity index is 415. The summed E-state index contributed by atoms with van der Waals surface area (Å²) in [5.74, 6) is -0.458. The predicted molar refractivity (Wildman–Crippen MR) is 73.5 cm³/mol. The summed E-state index contributed by atoms with van der Waals surface area (Å²) < 4.78 is 18.7. The Kier molecular flexibility index (Phi) is 5.97. The third kappa shape index (κ3) is 3.90. The monoisotopic (exact) mass is 272 g/mol. The van der Waals surface area contributed by atoms with E-state index >= 15 is 0 Å². The molecule has 0 saturated carbocycles. The maximum Gasteiger partial charge on any atom is 0.135 e. The van der Waals surface area contributed by atoms with Crippen LogP contribution in [0.25, 0.3) is 0 Å². The molecule has 0 aliphatic carbocycles. The quantitative estimate of drug-likeness (QED) is 0.722. The van der Waals surface area contributed by atoms with E-state index in [1.54, 1.807) is 19.2 Å². The van der Waals surface area contributed by atoms with Gasteiger partial charge >= 0.3 is 0 Å². The van der Waals surface area contributed by atoms with Gasteiger partial charge in [0, 0.05) is 31.5 Å². The number of aliphatic hydroxyl groups excluding tert-OH is 1. The van der Waals surface area contributed by atoms with Gasteiger partial charge in [-0.15, -0.1) is 0 Å². The number of nitrogens with two attached hydrogens (primary N) is 1. The standard InChI is InChI=1S/C12H17FN2O2S/c1-17-7-5-15(4-6-16)9-2-3-10(12(14)18)11(13)8-9/h2-3,8,16H,4-7H2,1H3,(H2,14,18). The summed E-state index contributed by atoms with van der Waals surface area (Å²) in [5, 5.41) is 8.99. The number of hydrogen-bond acceptors (Lipinski definition) is 4. The lowest BCUT2D eigenvalue weighted by atomic mass is 10.1. The molecule has 0 aliphatic heterocycles. The minimum absolute atomic E-state index is 0.0115. The number of ether oxygens (including phenoxy) is 1. The lowest BCUT2D eigenvalue weighted by Gasteiger charge is -2.24. The van der Waals surface area contributed by atoms with Crippen LogP contribution in [-0.2, 0) is 4.74 Å². The van der Waals surface area contributed by atoms with Gasteiger partial charge in [0.15, 0.2) is 0 Å². The second kappa shape index (κ2) is 7.25. The summed E-state index contributed by atoms with van der Waals surface area (Å²) in [6.45, 7) is 1.47. The molecule has 0 bridgehead atoms. The molecular weight excluding hydrogens is 255 g/mol. The Morgan fingerprint density at radius 2 is 2.22 bits per heavy atom. The molecule has 0 aromatic heterocycles. The van der Waals surface area contributed by atoms with E-state index in [9.17, 15) is 4.39 Å². The van der Waals surface area contributed by atoms with Crippen molar-refractivity contribution >= 4 is 22.9 Å². The Balaban J connectivity index is 2.91. The molecule has 6 heteroatoms. The van der Waals surface area contributed by atoms with E-state index in [0.717, 1.165) is 0 Å². The number of aliphatic hydroxyl groups is 1. The number of benzene rings is 1. The van der Waals surface area contributed by atoms with Crippen LogP contribution in [0.4, 0.5) is 10.1 Å². The fraction of sp³-hybridized carbons (Fsp3) is 0.417. The average Bonchev–Trinajstić information content (AvgIpc) is 2.33. The number of anilines is 1. The van der Waals surface area contributed by atoms with Crippen molar-refractivity contribution in [1.29, 1.82) is 0 Å². The molecule has 0 fully saturated rings. The largest absolute Gasteiger partial charge is 0.395 e. The van der Waals surface area contributed by atoms with Crippen LogP contribution in [0.15, 0.2) is 18.2 Å². The summed E-state index contributed by atoms with van der Waals surface area (Å²) in [7, 11) is 1.59. The molecule has 3 N–H and O–H groups in total. The maximum absolute atomic E-state index is 13.7. The number of nitrogens with zero attached hydrogens (tertiary/aromatic N) is 1. The zero-order chi connectivity index (χ0) is 13.5. The number of rotatable bonds is 7. The van der Waals surface area contributed by atoms with Gasteiger partial charge in [-0.05, 0) is 18.2 Å². The van der Waals surface area contributed by atoms with Crippen LogP contribution in [0.2, 0.25) is 0 Å². The van der Waals surface area contributed by atoms with Gasteiger partial charge in [-0.1, -0.05) is 12.2 Å². The van der Waals surface area contributed by atoms with Gasteiger partial charge in [-0.25, -0.2) is 4.39 Å². The topological polar surface area (TPSA) is 58.7 Å². The van der Waals surface area contributed by atoms with Crippen LogP contribution in [0, 0.1) is 5.82 Å². The number of halogens is 1. The fourth-order valence-corrected chi connectivity index (χ4v) is 1.76. The van der Waals surface area contributed by atoms with Gasteiger partial charge in [0.2, 0.25) is 0 Å². The van der Waals surface area contributed by atoms with E-state index in [-0.39, 0.29) is 17.2 Å². The van der Waals surface area contributed by atoms with E-state index in [2.05, 4.69) is 0 Å². The van der Waals surface area contributed by atoms with Crippen LogP contribution >= 0.6 is 12.2 Å². The molecule has 0 heterocycles. The molecule has 4 nitrogen and oxygen atoms in total. The summed E-state index contributed by atoms with van der Waals surface area (Å²) in [6.07, 6.45) is 0. The van der Waals surface area contributed by atoms with Crippen molar-refractivity contribution in [2.75, 3.05) is 38.3 Å².